The van der Waals surface area contributed by atoms with Crippen molar-refractivity contribution >= 4 is 6.03 Å². The van der Waals surface area contributed by atoms with Crippen LogP contribution in [0, 0.1) is 0 Å². The summed E-state index contributed by atoms with van der Waals surface area (Å²) in [5, 5.41) is 12.2. The maximum atomic E-state index is 11.6. The van der Waals surface area contributed by atoms with Crippen LogP contribution in [0.25, 0.3) is 0 Å². The second-order valence-electron chi connectivity index (χ2n) is 3.83. The van der Waals surface area contributed by atoms with E-state index in [-0.39, 0.29) is 18.2 Å². The molecule has 0 spiro atoms. The molecule has 14 heavy (non-hydrogen) atoms. The fourth-order valence-corrected chi connectivity index (χ4v) is 2.02. The topological polar surface area (TPSA) is 52.6 Å². The van der Waals surface area contributed by atoms with Crippen LogP contribution in [0.5, 0.6) is 0 Å². The summed E-state index contributed by atoms with van der Waals surface area (Å²) in [5.41, 5.74) is -0.357. The first-order valence-corrected chi connectivity index (χ1v) is 5.36. The van der Waals surface area contributed by atoms with Crippen molar-refractivity contribution in [2.45, 2.75) is 38.6 Å². The summed E-state index contributed by atoms with van der Waals surface area (Å²) >= 11 is 0. The molecule has 0 aliphatic carbocycles. The Morgan fingerprint density at radius 3 is 2.57 bits per heavy atom. The number of rotatable bonds is 4. The van der Waals surface area contributed by atoms with Crippen LogP contribution in [0.15, 0.2) is 0 Å². The number of urea groups is 1. The Bertz CT molecular complexity index is 194. The zero-order valence-electron chi connectivity index (χ0n) is 9.05. The Hall–Kier alpha value is -0.770. The molecule has 0 aromatic carbocycles. The van der Waals surface area contributed by atoms with Crippen LogP contribution in [-0.2, 0) is 0 Å². The molecule has 0 unspecified atom stereocenters. The highest BCUT2D eigenvalue weighted by molar-refractivity contribution is 5.75. The standard InChI is InChI=1S/C10H20N2O2/c1-3-10(4-2,8-13)12-7-5-6-11-9(12)14/h13H,3-8H2,1-2H3,(H,11,14). The van der Waals surface area contributed by atoms with Crippen LogP contribution < -0.4 is 5.32 Å². The van der Waals surface area contributed by atoms with Gasteiger partial charge in [0.05, 0.1) is 12.1 Å². The molecule has 1 aliphatic heterocycles. The van der Waals surface area contributed by atoms with Crippen molar-refractivity contribution in [3.8, 4) is 0 Å². The number of carbonyl (C=O) groups excluding carboxylic acids is 1. The average Bonchev–Trinajstić information content (AvgIpc) is 2.24. The average molecular weight is 200 g/mol. The lowest BCUT2D eigenvalue weighted by Gasteiger charge is -2.43. The van der Waals surface area contributed by atoms with Crippen LogP contribution in [0.2, 0.25) is 0 Å². The van der Waals surface area contributed by atoms with Crippen molar-refractivity contribution in [1.29, 1.82) is 0 Å². The third kappa shape index (κ3) is 1.85. The van der Waals surface area contributed by atoms with Gasteiger partial charge in [0.2, 0.25) is 0 Å². The Morgan fingerprint density at radius 1 is 1.50 bits per heavy atom. The van der Waals surface area contributed by atoms with Crippen LogP contribution >= 0.6 is 0 Å². The lowest BCUT2D eigenvalue weighted by Crippen LogP contribution is -2.59. The van der Waals surface area contributed by atoms with Crippen molar-refractivity contribution in [1.82, 2.24) is 10.2 Å². The van der Waals surface area contributed by atoms with Gasteiger partial charge in [-0.3, -0.25) is 0 Å². The monoisotopic (exact) mass is 200 g/mol. The summed E-state index contributed by atoms with van der Waals surface area (Å²) in [7, 11) is 0. The van der Waals surface area contributed by atoms with E-state index in [1.54, 1.807) is 4.90 Å². The van der Waals surface area contributed by atoms with Crippen LogP contribution in [0.1, 0.15) is 33.1 Å². The number of carbonyl (C=O) groups is 1. The van der Waals surface area contributed by atoms with Gasteiger partial charge >= 0.3 is 6.03 Å². The summed E-state index contributed by atoms with van der Waals surface area (Å²) < 4.78 is 0. The minimum atomic E-state index is -0.357. The fourth-order valence-electron chi connectivity index (χ4n) is 2.02. The third-order valence-corrected chi connectivity index (χ3v) is 3.26. The smallest absolute Gasteiger partial charge is 0.317 e. The summed E-state index contributed by atoms with van der Waals surface area (Å²) in [4.78, 5) is 13.4. The lowest BCUT2D eigenvalue weighted by molar-refractivity contribution is 0.0406. The van der Waals surface area contributed by atoms with E-state index in [9.17, 15) is 9.90 Å². The third-order valence-electron chi connectivity index (χ3n) is 3.26. The molecule has 0 radical (unpaired) electrons. The van der Waals surface area contributed by atoms with E-state index in [1.807, 2.05) is 13.8 Å². The molecule has 4 heteroatoms. The molecule has 82 valence electrons. The van der Waals surface area contributed by atoms with Gasteiger partial charge in [-0.05, 0) is 19.3 Å². The Kier molecular flexibility index (Phi) is 3.75. The van der Waals surface area contributed by atoms with Crippen LogP contribution in [-0.4, -0.2) is 41.3 Å². The summed E-state index contributed by atoms with van der Waals surface area (Å²) in [5.74, 6) is 0. The number of nitrogens with zero attached hydrogens (tertiary/aromatic N) is 1. The van der Waals surface area contributed by atoms with Crippen molar-refractivity contribution in [2.24, 2.45) is 0 Å². The quantitative estimate of drug-likeness (QED) is 0.710. The molecule has 1 aliphatic rings. The van der Waals surface area contributed by atoms with Gasteiger partial charge in [0, 0.05) is 13.1 Å². The lowest BCUT2D eigenvalue weighted by atomic mass is 9.91. The molecule has 2 amide bonds. The SMILES string of the molecule is CCC(CC)(CO)N1CCCNC1=O. The molecular formula is C10H20N2O2. The molecule has 2 N–H and O–H groups in total. The first-order valence-electron chi connectivity index (χ1n) is 5.36. The number of hydrogen-bond donors (Lipinski definition) is 2. The van der Waals surface area contributed by atoms with Crippen LogP contribution in [0.4, 0.5) is 4.79 Å². The first-order chi connectivity index (χ1) is 6.70. The zero-order chi connectivity index (χ0) is 10.6. The van der Waals surface area contributed by atoms with Gasteiger partial charge in [0.1, 0.15) is 0 Å². The Morgan fingerprint density at radius 2 is 2.14 bits per heavy atom. The number of hydrogen-bond acceptors (Lipinski definition) is 2. The molecule has 1 saturated heterocycles. The van der Waals surface area contributed by atoms with Crippen molar-refractivity contribution < 1.29 is 9.90 Å². The van der Waals surface area contributed by atoms with Crippen molar-refractivity contribution in [2.75, 3.05) is 19.7 Å². The summed E-state index contributed by atoms with van der Waals surface area (Å²) in [6.45, 7) is 5.59. The Labute approximate surface area is 85.3 Å². The fraction of sp³-hybridized carbons (Fsp3) is 0.900. The summed E-state index contributed by atoms with van der Waals surface area (Å²) in [6.07, 6.45) is 2.56. The van der Waals surface area contributed by atoms with E-state index in [0.29, 0.717) is 0 Å². The van der Waals surface area contributed by atoms with Gasteiger partial charge in [0.15, 0.2) is 0 Å². The molecular weight excluding hydrogens is 180 g/mol. The van der Waals surface area contributed by atoms with Crippen molar-refractivity contribution in [3.05, 3.63) is 0 Å². The predicted molar refractivity (Wildman–Crippen MR) is 55.1 cm³/mol. The van der Waals surface area contributed by atoms with Gasteiger partial charge in [0.25, 0.3) is 0 Å². The number of aliphatic hydroxyl groups is 1. The van der Waals surface area contributed by atoms with E-state index in [0.717, 1.165) is 32.4 Å². The molecule has 1 fully saturated rings. The number of amides is 2. The highest BCUT2D eigenvalue weighted by Gasteiger charge is 2.37. The molecule has 0 bridgehead atoms. The highest BCUT2D eigenvalue weighted by atomic mass is 16.3. The Balaban J connectivity index is 2.79. The molecule has 0 atom stereocenters. The predicted octanol–water partition coefficient (Wildman–Crippen LogP) is 0.953. The molecule has 1 heterocycles. The van der Waals surface area contributed by atoms with Gasteiger partial charge in [-0.1, -0.05) is 13.8 Å². The van der Waals surface area contributed by atoms with E-state index < -0.39 is 0 Å². The zero-order valence-corrected chi connectivity index (χ0v) is 9.05. The van der Waals surface area contributed by atoms with Gasteiger partial charge in [-0.25, -0.2) is 4.79 Å². The normalized spacial score (nSPS) is 18.2. The number of aliphatic hydroxyl groups excluding tert-OH is 1. The van der Waals surface area contributed by atoms with Crippen LogP contribution in [0.3, 0.4) is 0 Å². The largest absolute Gasteiger partial charge is 0.394 e. The molecule has 0 aromatic rings. The van der Waals surface area contributed by atoms with Gasteiger partial charge in [-0.15, -0.1) is 0 Å². The molecule has 0 aromatic heterocycles. The van der Waals surface area contributed by atoms with E-state index in [2.05, 4.69) is 5.32 Å². The highest BCUT2D eigenvalue weighted by Crippen LogP contribution is 2.25. The number of nitrogens with one attached hydrogen (secondary N) is 1. The van der Waals surface area contributed by atoms with E-state index in [1.165, 1.54) is 0 Å². The molecule has 0 saturated carbocycles. The first kappa shape index (κ1) is 11.3. The minimum Gasteiger partial charge on any atom is -0.394 e. The second kappa shape index (κ2) is 4.64. The molecule has 1 rings (SSSR count). The van der Waals surface area contributed by atoms with Gasteiger partial charge < -0.3 is 15.3 Å². The minimum absolute atomic E-state index is 0.0333. The van der Waals surface area contributed by atoms with E-state index in [4.69, 9.17) is 0 Å². The maximum absolute atomic E-state index is 11.6. The maximum Gasteiger partial charge on any atom is 0.317 e. The summed E-state index contributed by atoms with van der Waals surface area (Å²) in [6, 6.07) is -0.0333. The van der Waals surface area contributed by atoms with Crippen molar-refractivity contribution in [3.63, 3.8) is 0 Å². The van der Waals surface area contributed by atoms with Gasteiger partial charge in [-0.2, -0.15) is 0 Å². The van der Waals surface area contributed by atoms with E-state index >= 15 is 0 Å². The second-order valence-corrected chi connectivity index (χ2v) is 3.83. The molecule has 4 nitrogen and oxygen atoms in total.